The van der Waals surface area contributed by atoms with Crippen LogP contribution in [-0.4, -0.2) is 29.1 Å². The van der Waals surface area contributed by atoms with Gasteiger partial charge in [0.25, 0.3) is 0 Å². The van der Waals surface area contributed by atoms with Gasteiger partial charge >= 0.3 is 0 Å². The quantitative estimate of drug-likeness (QED) is 0.925. The Hall–Kier alpha value is -0.380. The Morgan fingerprint density at radius 2 is 2.06 bits per heavy atom. The molecule has 17 heavy (non-hydrogen) atoms. The summed E-state index contributed by atoms with van der Waals surface area (Å²) < 4.78 is 1.06. The molecule has 0 amide bonds. The lowest BCUT2D eigenvalue weighted by molar-refractivity contribution is 0.0732. The lowest BCUT2D eigenvalue weighted by atomic mass is 10.0. The number of nitrogens with zero attached hydrogens (tertiary/aromatic N) is 1. The van der Waals surface area contributed by atoms with Crippen molar-refractivity contribution in [3.05, 3.63) is 34.3 Å². The zero-order chi connectivity index (χ0) is 12.3. The molecule has 1 heterocycles. The van der Waals surface area contributed by atoms with Crippen molar-refractivity contribution in [3.63, 3.8) is 0 Å². The molecule has 2 unspecified atom stereocenters. The van der Waals surface area contributed by atoms with Crippen molar-refractivity contribution in [1.29, 1.82) is 0 Å². The van der Waals surface area contributed by atoms with E-state index in [1.165, 1.54) is 19.3 Å². The summed E-state index contributed by atoms with van der Waals surface area (Å²) in [6.07, 6.45) is 3.47. The van der Waals surface area contributed by atoms with Gasteiger partial charge in [-0.2, -0.15) is 0 Å². The Labute approximate surface area is 112 Å². The van der Waals surface area contributed by atoms with Crippen LogP contribution in [-0.2, 0) is 0 Å². The molecule has 3 heteroatoms. The fraction of sp³-hybridized carbons (Fsp3) is 0.571. The van der Waals surface area contributed by atoms with Gasteiger partial charge in [0.1, 0.15) is 0 Å². The molecule has 0 bridgehead atoms. The van der Waals surface area contributed by atoms with Crippen molar-refractivity contribution >= 4 is 15.9 Å². The molecule has 0 aliphatic carbocycles. The van der Waals surface area contributed by atoms with Crippen LogP contribution >= 0.6 is 15.9 Å². The maximum absolute atomic E-state index is 10.2. The molecule has 94 valence electrons. The summed E-state index contributed by atoms with van der Waals surface area (Å²) in [4.78, 5) is 2.40. The average molecular weight is 298 g/mol. The predicted molar refractivity (Wildman–Crippen MR) is 74.0 cm³/mol. The number of β-amino-alcohol motifs (C(OH)–C–C–N with tert-alkyl or cyclic N) is 1. The van der Waals surface area contributed by atoms with Crippen molar-refractivity contribution in [3.8, 4) is 0 Å². The van der Waals surface area contributed by atoms with Gasteiger partial charge in [0, 0.05) is 17.1 Å². The monoisotopic (exact) mass is 297 g/mol. The smallest absolute Gasteiger partial charge is 0.0917 e. The van der Waals surface area contributed by atoms with Gasteiger partial charge < -0.3 is 5.11 Å². The van der Waals surface area contributed by atoms with Gasteiger partial charge in [-0.1, -0.05) is 34.5 Å². The molecule has 0 radical (unpaired) electrons. The standard InChI is InChI=1S/C14H20BrNO/c1-11-4-2-3-9-16(11)10-14(17)12-5-7-13(15)8-6-12/h5-8,11,14,17H,2-4,9-10H2,1H3. The van der Waals surface area contributed by atoms with Gasteiger partial charge in [-0.25, -0.2) is 0 Å². The molecule has 1 aliphatic heterocycles. The fourth-order valence-corrected chi connectivity index (χ4v) is 2.71. The highest BCUT2D eigenvalue weighted by Gasteiger charge is 2.21. The van der Waals surface area contributed by atoms with Crippen LogP contribution in [0.5, 0.6) is 0 Å². The topological polar surface area (TPSA) is 23.5 Å². The highest BCUT2D eigenvalue weighted by Crippen LogP contribution is 2.22. The third-order valence-electron chi connectivity index (χ3n) is 3.60. The van der Waals surface area contributed by atoms with E-state index in [4.69, 9.17) is 0 Å². The van der Waals surface area contributed by atoms with Gasteiger partial charge in [-0.15, -0.1) is 0 Å². The van der Waals surface area contributed by atoms with Crippen molar-refractivity contribution in [2.24, 2.45) is 0 Å². The molecule has 0 spiro atoms. The molecule has 1 saturated heterocycles. The van der Waals surface area contributed by atoms with E-state index in [2.05, 4.69) is 27.8 Å². The van der Waals surface area contributed by atoms with Crippen LogP contribution in [0.3, 0.4) is 0 Å². The van der Waals surface area contributed by atoms with Gasteiger partial charge in [0.15, 0.2) is 0 Å². The van der Waals surface area contributed by atoms with Crippen molar-refractivity contribution in [2.75, 3.05) is 13.1 Å². The minimum Gasteiger partial charge on any atom is -0.387 e. The lowest BCUT2D eigenvalue weighted by Gasteiger charge is -2.34. The minimum atomic E-state index is -0.372. The Kier molecular flexibility index (Phi) is 4.60. The molecule has 1 aliphatic rings. The molecule has 2 nitrogen and oxygen atoms in total. The number of likely N-dealkylation sites (tertiary alicyclic amines) is 1. The third-order valence-corrected chi connectivity index (χ3v) is 4.13. The molecule has 1 N–H and O–H groups in total. The molecule has 1 aromatic rings. The number of halogens is 1. The van der Waals surface area contributed by atoms with Crippen molar-refractivity contribution in [1.82, 2.24) is 4.90 Å². The van der Waals surface area contributed by atoms with Crippen LogP contribution in [0, 0.1) is 0 Å². The first-order chi connectivity index (χ1) is 8.16. The summed E-state index contributed by atoms with van der Waals surface area (Å²) in [6.45, 7) is 4.13. The van der Waals surface area contributed by atoms with E-state index >= 15 is 0 Å². The minimum absolute atomic E-state index is 0.372. The predicted octanol–water partition coefficient (Wildman–Crippen LogP) is 3.36. The normalized spacial score (nSPS) is 23.6. The Morgan fingerprint density at radius 1 is 1.35 bits per heavy atom. The second kappa shape index (κ2) is 5.98. The fourth-order valence-electron chi connectivity index (χ4n) is 2.44. The van der Waals surface area contributed by atoms with Crippen molar-refractivity contribution < 1.29 is 5.11 Å². The zero-order valence-corrected chi connectivity index (χ0v) is 11.9. The summed E-state index contributed by atoms with van der Waals surface area (Å²) in [5.41, 5.74) is 1.01. The molecule has 2 rings (SSSR count). The van der Waals surface area contributed by atoms with Gasteiger partial charge in [0.05, 0.1) is 6.10 Å². The second-order valence-corrected chi connectivity index (χ2v) is 5.82. The Balaban J connectivity index is 1.95. The summed E-state index contributed by atoms with van der Waals surface area (Å²) in [5, 5.41) is 10.2. The van der Waals surface area contributed by atoms with E-state index in [1.54, 1.807) is 0 Å². The summed E-state index contributed by atoms with van der Waals surface area (Å²) in [5.74, 6) is 0. The van der Waals surface area contributed by atoms with Crippen molar-refractivity contribution in [2.45, 2.75) is 38.3 Å². The average Bonchev–Trinajstić information content (AvgIpc) is 2.33. The lowest BCUT2D eigenvalue weighted by Crippen LogP contribution is -2.40. The number of benzene rings is 1. The van der Waals surface area contributed by atoms with E-state index in [0.717, 1.165) is 23.1 Å². The first-order valence-electron chi connectivity index (χ1n) is 6.34. The number of piperidine rings is 1. The highest BCUT2D eigenvalue weighted by atomic mass is 79.9. The van der Waals surface area contributed by atoms with E-state index in [9.17, 15) is 5.11 Å². The summed E-state index contributed by atoms with van der Waals surface area (Å²) in [6, 6.07) is 8.55. The molecular weight excluding hydrogens is 278 g/mol. The maximum Gasteiger partial charge on any atom is 0.0917 e. The summed E-state index contributed by atoms with van der Waals surface area (Å²) in [7, 11) is 0. The number of hydrogen-bond donors (Lipinski definition) is 1. The van der Waals surface area contributed by atoms with Gasteiger partial charge in [-0.05, 0) is 44.0 Å². The van der Waals surface area contributed by atoms with Crippen LogP contribution in [0.2, 0.25) is 0 Å². The Bertz CT molecular complexity index is 352. The van der Waals surface area contributed by atoms with E-state index < -0.39 is 0 Å². The van der Waals surface area contributed by atoms with Crippen LogP contribution < -0.4 is 0 Å². The van der Waals surface area contributed by atoms with E-state index in [0.29, 0.717) is 6.04 Å². The molecular formula is C14H20BrNO. The van der Waals surface area contributed by atoms with Crippen LogP contribution in [0.4, 0.5) is 0 Å². The largest absolute Gasteiger partial charge is 0.387 e. The van der Waals surface area contributed by atoms with E-state index in [-0.39, 0.29) is 6.10 Å². The highest BCUT2D eigenvalue weighted by molar-refractivity contribution is 9.10. The first-order valence-corrected chi connectivity index (χ1v) is 7.13. The van der Waals surface area contributed by atoms with Crippen LogP contribution in [0.15, 0.2) is 28.7 Å². The number of aliphatic hydroxyl groups excluding tert-OH is 1. The SMILES string of the molecule is CC1CCCCN1CC(O)c1ccc(Br)cc1. The third kappa shape index (κ3) is 3.54. The molecule has 0 saturated carbocycles. The van der Waals surface area contributed by atoms with Gasteiger partial charge in [-0.3, -0.25) is 4.90 Å². The van der Waals surface area contributed by atoms with Crippen LogP contribution in [0.1, 0.15) is 37.9 Å². The number of aliphatic hydroxyl groups is 1. The Morgan fingerprint density at radius 3 is 2.71 bits per heavy atom. The summed E-state index contributed by atoms with van der Waals surface area (Å²) >= 11 is 3.41. The van der Waals surface area contributed by atoms with E-state index in [1.807, 2.05) is 24.3 Å². The zero-order valence-electron chi connectivity index (χ0n) is 10.3. The molecule has 1 aromatic carbocycles. The van der Waals surface area contributed by atoms with Gasteiger partial charge in [0.2, 0.25) is 0 Å². The first kappa shape index (κ1) is 13.1. The second-order valence-electron chi connectivity index (χ2n) is 4.91. The van der Waals surface area contributed by atoms with Crippen LogP contribution in [0.25, 0.3) is 0 Å². The molecule has 1 fully saturated rings. The number of rotatable bonds is 3. The maximum atomic E-state index is 10.2. The molecule has 2 atom stereocenters. The number of hydrogen-bond acceptors (Lipinski definition) is 2. The molecule has 0 aromatic heterocycles.